The average Bonchev–Trinajstić information content (AvgIpc) is 3.27. The molecule has 1 atom stereocenters. The lowest BCUT2D eigenvalue weighted by Gasteiger charge is -2.34. The van der Waals surface area contributed by atoms with Gasteiger partial charge in [0.25, 0.3) is 0 Å². The first-order valence-electron chi connectivity index (χ1n) is 11.6. The Morgan fingerprint density at radius 2 is 1.57 bits per heavy atom. The van der Waals surface area contributed by atoms with E-state index in [0.717, 1.165) is 75.6 Å². The number of ether oxygens (including phenoxy) is 1. The van der Waals surface area contributed by atoms with Crippen molar-refractivity contribution in [3.63, 3.8) is 0 Å². The van der Waals surface area contributed by atoms with Crippen molar-refractivity contribution in [3.05, 3.63) is 6.07 Å². The smallest absolute Gasteiger partial charge is 0.232 e. The largest absolute Gasteiger partial charge is 0.376 e. The molecule has 2 N–H and O–H groups in total. The van der Waals surface area contributed by atoms with Crippen LogP contribution in [0.25, 0.3) is 0 Å². The average molecular weight is 433 g/mol. The molecule has 1 unspecified atom stereocenters. The summed E-state index contributed by atoms with van der Waals surface area (Å²) in [6, 6.07) is 2.17. The predicted molar refractivity (Wildman–Crippen MR) is 126 cm³/mol. The molecule has 0 radical (unpaired) electrons. The maximum absolute atomic E-state index is 5.67. The van der Waals surface area contributed by atoms with Gasteiger partial charge in [-0.05, 0) is 62.6 Å². The van der Waals surface area contributed by atoms with Gasteiger partial charge in [-0.25, -0.2) is 0 Å². The van der Waals surface area contributed by atoms with E-state index in [-0.39, 0.29) is 6.10 Å². The number of piperidine rings is 2. The second-order valence-electron chi connectivity index (χ2n) is 9.22. The topological polar surface area (TPSA) is 65.5 Å². The molecule has 0 amide bonds. The van der Waals surface area contributed by atoms with Gasteiger partial charge in [0.05, 0.1) is 6.10 Å². The minimum atomic E-state index is 0.248. The molecule has 0 spiro atoms. The van der Waals surface area contributed by atoms with Crippen LogP contribution in [0.15, 0.2) is 6.07 Å². The van der Waals surface area contributed by atoms with Crippen LogP contribution in [0.1, 0.15) is 52.4 Å². The molecule has 3 aliphatic heterocycles. The van der Waals surface area contributed by atoms with Crippen LogP contribution in [0.5, 0.6) is 0 Å². The molecule has 3 aliphatic rings. The maximum atomic E-state index is 5.67. The van der Waals surface area contributed by atoms with E-state index in [1.807, 2.05) is 0 Å². The molecule has 0 bridgehead atoms. The normalized spacial score (nSPS) is 23.6. The van der Waals surface area contributed by atoms with Crippen molar-refractivity contribution < 1.29 is 4.74 Å². The van der Waals surface area contributed by atoms with E-state index in [4.69, 9.17) is 26.9 Å². The molecule has 1 aromatic rings. The van der Waals surface area contributed by atoms with Crippen molar-refractivity contribution in [2.45, 2.75) is 58.5 Å². The zero-order chi connectivity index (χ0) is 20.9. The summed E-state index contributed by atoms with van der Waals surface area (Å²) in [6.07, 6.45) is 7.32. The van der Waals surface area contributed by atoms with Gasteiger partial charge in [0.1, 0.15) is 11.6 Å². The van der Waals surface area contributed by atoms with Crippen molar-refractivity contribution in [1.82, 2.24) is 15.3 Å². The molecule has 3 fully saturated rings. The fourth-order valence-corrected chi connectivity index (χ4v) is 4.61. The molecule has 0 saturated carbocycles. The monoisotopic (exact) mass is 432 g/mol. The Labute approximate surface area is 186 Å². The lowest BCUT2D eigenvalue weighted by molar-refractivity contribution is 0.114. The standard InChI is InChI=1S/C22H36N6OS/c1-16-5-9-27(10-6-16)19-14-20(28-11-7-17(2)8-12-28)25-21(24-19)26-22(30)23-15-18-4-3-13-29-18/h14,16-18H,3-13,15H2,1-2H3,(H2,23,24,25,26,30). The maximum Gasteiger partial charge on any atom is 0.232 e. The Bertz CT molecular complexity index is 669. The third-order valence-electron chi connectivity index (χ3n) is 6.65. The zero-order valence-corrected chi connectivity index (χ0v) is 19.2. The number of nitrogens with one attached hydrogen (secondary N) is 2. The molecule has 30 heavy (non-hydrogen) atoms. The van der Waals surface area contributed by atoms with Crippen LogP contribution in [-0.4, -0.2) is 60.5 Å². The van der Waals surface area contributed by atoms with Gasteiger partial charge in [0, 0.05) is 45.4 Å². The molecular formula is C22H36N6OS. The highest BCUT2D eigenvalue weighted by molar-refractivity contribution is 7.80. The fourth-order valence-electron chi connectivity index (χ4n) is 4.43. The van der Waals surface area contributed by atoms with E-state index in [2.05, 4.69) is 40.3 Å². The second-order valence-corrected chi connectivity index (χ2v) is 9.63. The Hall–Kier alpha value is -1.67. The summed E-state index contributed by atoms with van der Waals surface area (Å²) in [5.41, 5.74) is 0. The molecule has 4 heterocycles. The van der Waals surface area contributed by atoms with E-state index in [1.54, 1.807) is 0 Å². The molecule has 1 aromatic heterocycles. The summed E-state index contributed by atoms with van der Waals surface area (Å²) in [6.45, 7) is 10.5. The molecule has 3 saturated heterocycles. The van der Waals surface area contributed by atoms with Gasteiger partial charge in [0.15, 0.2) is 5.11 Å². The van der Waals surface area contributed by atoms with E-state index < -0.39 is 0 Å². The van der Waals surface area contributed by atoms with Crippen molar-refractivity contribution in [3.8, 4) is 0 Å². The number of hydrogen-bond acceptors (Lipinski definition) is 6. The number of aromatic nitrogens is 2. The summed E-state index contributed by atoms with van der Waals surface area (Å²) in [4.78, 5) is 14.4. The first-order valence-corrected chi connectivity index (χ1v) is 12.0. The van der Waals surface area contributed by atoms with Gasteiger partial charge in [-0.3, -0.25) is 0 Å². The zero-order valence-electron chi connectivity index (χ0n) is 18.4. The molecule has 4 rings (SSSR count). The van der Waals surface area contributed by atoms with Crippen LogP contribution in [0, 0.1) is 11.8 Å². The highest BCUT2D eigenvalue weighted by atomic mass is 32.1. The minimum Gasteiger partial charge on any atom is -0.376 e. The van der Waals surface area contributed by atoms with Gasteiger partial charge in [-0.2, -0.15) is 9.97 Å². The van der Waals surface area contributed by atoms with Crippen LogP contribution in [0.4, 0.5) is 17.6 Å². The van der Waals surface area contributed by atoms with Crippen LogP contribution in [0.3, 0.4) is 0 Å². The van der Waals surface area contributed by atoms with Gasteiger partial charge >= 0.3 is 0 Å². The first kappa shape index (κ1) is 21.6. The van der Waals surface area contributed by atoms with Crippen molar-refractivity contribution in [2.24, 2.45) is 11.8 Å². The summed E-state index contributed by atoms with van der Waals surface area (Å²) in [7, 11) is 0. The van der Waals surface area contributed by atoms with Crippen LogP contribution >= 0.6 is 12.2 Å². The van der Waals surface area contributed by atoms with Gasteiger partial charge in [0.2, 0.25) is 5.95 Å². The van der Waals surface area contributed by atoms with Crippen LogP contribution in [0.2, 0.25) is 0 Å². The van der Waals surface area contributed by atoms with Gasteiger partial charge < -0.3 is 25.2 Å². The minimum absolute atomic E-state index is 0.248. The highest BCUT2D eigenvalue weighted by Crippen LogP contribution is 2.28. The number of thiocarbonyl (C=S) groups is 1. The third-order valence-corrected chi connectivity index (χ3v) is 6.90. The van der Waals surface area contributed by atoms with E-state index in [1.165, 1.54) is 25.7 Å². The van der Waals surface area contributed by atoms with Crippen molar-refractivity contribution in [2.75, 3.05) is 54.4 Å². The Kier molecular flexibility index (Phi) is 7.25. The number of rotatable bonds is 5. The Morgan fingerprint density at radius 1 is 1.00 bits per heavy atom. The molecule has 7 nitrogen and oxygen atoms in total. The van der Waals surface area contributed by atoms with E-state index in [0.29, 0.717) is 11.1 Å². The third kappa shape index (κ3) is 5.72. The lowest BCUT2D eigenvalue weighted by Crippen LogP contribution is -2.37. The Morgan fingerprint density at radius 3 is 2.07 bits per heavy atom. The van der Waals surface area contributed by atoms with Gasteiger partial charge in [-0.1, -0.05) is 13.8 Å². The quantitative estimate of drug-likeness (QED) is 0.686. The molecular weight excluding hydrogens is 396 g/mol. The van der Waals surface area contributed by atoms with E-state index in [9.17, 15) is 0 Å². The molecule has 0 aromatic carbocycles. The number of hydrogen-bond donors (Lipinski definition) is 2. The number of anilines is 3. The summed E-state index contributed by atoms with van der Waals surface area (Å²) < 4.78 is 5.67. The van der Waals surface area contributed by atoms with Crippen LogP contribution in [-0.2, 0) is 4.74 Å². The van der Waals surface area contributed by atoms with Crippen molar-refractivity contribution in [1.29, 1.82) is 0 Å². The summed E-state index contributed by atoms with van der Waals surface area (Å²) in [5, 5.41) is 7.07. The summed E-state index contributed by atoms with van der Waals surface area (Å²) in [5.74, 6) is 4.19. The fraction of sp³-hybridized carbons (Fsp3) is 0.773. The predicted octanol–water partition coefficient (Wildman–Crippen LogP) is 3.41. The summed E-state index contributed by atoms with van der Waals surface area (Å²) >= 11 is 5.52. The molecule has 8 heteroatoms. The second kappa shape index (κ2) is 10.1. The van der Waals surface area contributed by atoms with E-state index >= 15 is 0 Å². The lowest BCUT2D eigenvalue weighted by atomic mass is 9.99. The number of nitrogens with zero attached hydrogens (tertiary/aromatic N) is 4. The molecule has 166 valence electrons. The Balaban J connectivity index is 1.46. The SMILES string of the molecule is CC1CCN(c2cc(N3CCC(C)CC3)nc(NC(=S)NCC3CCCO3)n2)CC1. The molecule has 0 aliphatic carbocycles. The van der Waals surface area contributed by atoms with Gasteiger partial charge in [-0.15, -0.1) is 0 Å². The van der Waals surface area contributed by atoms with Crippen LogP contribution < -0.4 is 20.4 Å². The highest BCUT2D eigenvalue weighted by Gasteiger charge is 2.22. The first-order chi connectivity index (χ1) is 14.6. The van der Waals surface area contributed by atoms with Crippen molar-refractivity contribution >= 4 is 34.9 Å².